The molecule has 1 N–H and O–H groups in total. The normalized spacial score (nSPS) is 9.80. The lowest BCUT2D eigenvalue weighted by molar-refractivity contribution is 0.0598. The van der Waals surface area contributed by atoms with Crippen LogP contribution in [0.5, 0.6) is 0 Å². The fourth-order valence-electron chi connectivity index (χ4n) is 1.54. The Kier molecular flexibility index (Phi) is 3.09. The number of carbonyl (C=O) groups excluding carboxylic acids is 1. The van der Waals surface area contributed by atoms with Crippen LogP contribution < -0.4 is 0 Å². The maximum atomic E-state index is 11.2. The number of esters is 1. The first-order valence-corrected chi connectivity index (χ1v) is 4.40. The van der Waals surface area contributed by atoms with Crippen molar-refractivity contribution in [3.63, 3.8) is 0 Å². The standard InChI is InChI=1S/C11H12O4/c1-6-4-8(11(14)15-3)5-7(2)9(6)10(12)13/h4-5H,1-3H3,(H,12,13). The van der Waals surface area contributed by atoms with Gasteiger partial charge in [0, 0.05) is 0 Å². The topological polar surface area (TPSA) is 63.6 Å². The third-order valence-electron chi connectivity index (χ3n) is 2.17. The van der Waals surface area contributed by atoms with Gasteiger partial charge in [0.1, 0.15) is 0 Å². The van der Waals surface area contributed by atoms with E-state index in [9.17, 15) is 9.59 Å². The Morgan fingerprint density at radius 1 is 1.20 bits per heavy atom. The monoisotopic (exact) mass is 208 g/mol. The number of hydrogen-bond donors (Lipinski definition) is 1. The van der Waals surface area contributed by atoms with E-state index in [1.54, 1.807) is 13.8 Å². The van der Waals surface area contributed by atoms with Crippen molar-refractivity contribution in [1.29, 1.82) is 0 Å². The molecule has 80 valence electrons. The molecule has 0 aliphatic rings. The zero-order chi connectivity index (χ0) is 11.6. The van der Waals surface area contributed by atoms with Crippen molar-refractivity contribution in [2.24, 2.45) is 0 Å². The summed E-state index contributed by atoms with van der Waals surface area (Å²) in [5.41, 5.74) is 1.73. The van der Waals surface area contributed by atoms with Gasteiger partial charge in [0.15, 0.2) is 0 Å². The molecule has 0 heterocycles. The van der Waals surface area contributed by atoms with Crippen LogP contribution in [0.4, 0.5) is 0 Å². The highest BCUT2D eigenvalue weighted by Gasteiger charge is 2.14. The van der Waals surface area contributed by atoms with Gasteiger partial charge in [-0.15, -0.1) is 0 Å². The van der Waals surface area contributed by atoms with Crippen LogP contribution >= 0.6 is 0 Å². The molecule has 0 radical (unpaired) electrons. The van der Waals surface area contributed by atoms with Gasteiger partial charge in [-0.2, -0.15) is 0 Å². The van der Waals surface area contributed by atoms with Crippen molar-refractivity contribution in [1.82, 2.24) is 0 Å². The smallest absolute Gasteiger partial charge is 0.337 e. The first kappa shape index (κ1) is 11.2. The van der Waals surface area contributed by atoms with E-state index >= 15 is 0 Å². The lowest BCUT2D eigenvalue weighted by atomic mass is 9.99. The van der Waals surface area contributed by atoms with Crippen molar-refractivity contribution in [2.75, 3.05) is 7.11 Å². The Morgan fingerprint density at radius 2 is 1.67 bits per heavy atom. The van der Waals surface area contributed by atoms with Gasteiger partial charge in [-0.05, 0) is 37.1 Å². The number of carbonyl (C=O) groups is 2. The molecule has 4 heteroatoms. The molecule has 0 unspecified atom stereocenters. The van der Waals surface area contributed by atoms with E-state index in [0.717, 1.165) is 0 Å². The van der Waals surface area contributed by atoms with E-state index in [2.05, 4.69) is 4.74 Å². The van der Waals surface area contributed by atoms with E-state index in [1.807, 2.05) is 0 Å². The van der Waals surface area contributed by atoms with Crippen LogP contribution in [0, 0.1) is 13.8 Å². The van der Waals surface area contributed by atoms with Crippen LogP contribution in [-0.2, 0) is 4.74 Å². The number of aromatic carboxylic acids is 1. The number of aryl methyl sites for hydroxylation is 2. The van der Waals surface area contributed by atoms with E-state index in [-0.39, 0.29) is 5.56 Å². The van der Waals surface area contributed by atoms with Crippen molar-refractivity contribution in [3.05, 3.63) is 34.4 Å². The molecule has 0 amide bonds. The molecule has 1 aromatic rings. The SMILES string of the molecule is COC(=O)c1cc(C)c(C(=O)O)c(C)c1. The summed E-state index contributed by atoms with van der Waals surface area (Å²) < 4.78 is 4.56. The van der Waals surface area contributed by atoms with E-state index < -0.39 is 11.9 Å². The van der Waals surface area contributed by atoms with E-state index in [4.69, 9.17) is 5.11 Å². The van der Waals surface area contributed by atoms with Crippen LogP contribution in [0.3, 0.4) is 0 Å². The number of rotatable bonds is 2. The summed E-state index contributed by atoms with van der Waals surface area (Å²) in [4.78, 5) is 22.1. The van der Waals surface area contributed by atoms with Crippen molar-refractivity contribution < 1.29 is 19.4 Å². The molecule has 15 heavy (non-hydrogen) atoms. The molecular formula is C11H12O4. The van der Waals surface area contributed by atoms with E-state index in [1.165, 1.54) is 19.2 Å². The highest BCUT2D eigenvalue weighted by Crippen LogP contribution is 2.17. The molecule has 0 aliphatic heterocycles. The first-order valence-electron chi connectivity index (χ1n) is 4.40. The molecule has 0 atom stereocenters. The van der Waals surface area contributed by atoms with Gasteiger partial charge in [-0.1, -0.05) is 0 Å². The summed E-state index contributed by atoms with van der Waals surface area (Å²) in [7, 11) is 1.29. The summed E-state index contributed by atoms with van der Waals surface area (Å²) in [6, 6.07) is 3.03. The molecule has 0 saturated heterocycles. The van der Waals surface area contributed by atoms with Crippen LogP contribution in [0.15, 0.2) is 12.1 Å². The first-order chi connectivity index (χ1) is 6.97. The Bertz CT molecular complexity index is 398. The van der Waals surface area contributed by atoms with Crippen LogP contribution in [-0.4, -0.2) is 24.2 Å². The summed E-state index contributed by atoms with van der Waals surface area (Å²) in [6.45, 7) is 3.31. The minimum absolute atomic E-state index is 0.239. The predicted molar refractivity (Wildman–Crippen MR) is 54.2 cm³/mol. The second kappa shape index (κ2) is 4.13. The number of hydrogen-bond acceptors (Lipinski definition) is 3. The Morgan fingerprint density at radius 3 is 2.00 bits per heavy atom. The number of ether oxygens (including phenoxy) is 1. The minimum Gasteiger partial charge on any atom is -0.478 e. The highest BCUT2D eigenvalue weighted by atomic mass is 16.5. The van der Waals surface area contributed by atoms with Gasteiger partial charge in [0.05, 0.1) is 18.2 Å². The fourth-order valence-corrected chi connectivity index (χ4v) is 1.54. The van der Waals surface area contributed by atoms with Gasteiger partial charge in [0.25, 0.3) is 0 Å². The third-order valence-corrected chi connectivity index (χ3v) is 2.17. The zero-order valence-corrected chi connectivity index (χ0v) is 8.83. The van der Waals surface area contributed by atoms with Crippen LogP contribution in [0.2, 0.25) is 0 Å². The molecule has 0 aromatic heterocycles. The summed E-state index contributed by atoms with van der Waals surface area (Å²) in [6.07, 6.45) is 0. The molecule has 0 fully saturated rings. The minimum atomic E-state index is -0.985. The van der Waals surface area contributed by atoms with Crippen molar-refractivity contribution in [3.8, 4) is 0 Å². The number of benzene rings is 1. The molecular weight excluding hydrogens is 196 g/mol. The van der Waals surface area contributed by atoms with Gasteiger partial charge >= 0.3 is 11.9 Å². The third kappa shape index (κ3) is 2.15. The van der Waals surface area contributed by atoms with Gasteiger partial charge in [-0.3, -0.25) is 0 Å². The number of methoxy groups -OCH3 is 1. The average molecular weight is 208 g/mol. The quantitative estimate of drug-likeness (QED) is 0.752. The van der Waals surface area contributed by atoms with Gasteiger partial charge < -0.3 is 9.84 Å². The van der Waals surface area contributed by atoms with Gasteiger partial charge in [0.2, 0.25) is 0 Å². The Hall–Kier alpha value is -1.84. The lowest BCUT2D eigenvalue weighted by Gasteiger charge is -2.07. The second-order valence-electron chi connectivity index (χ2n) is 3.28. The summed E-state index contributed by atoms with van der Waals surface area (Å²) >= 11 is 0. The maximum Gasteiger partial charge on any atom is 0.337 e. The number of carboxylic acid groups (broad SMARTS) is 1. The largest absolute Gasteiger partial charge is 0.478 e. The van der Waals surface area contributed by atoms with Crippen LogP contribution in [0.25, 0.3) is 0 Å². The Balaban J connectivity index is 3.31. The fraction of sp³-hybridized carbons (Fsp3) is 0.273. The van der Waals surface area contributed by atoms with Crippen molar-refractivity contribution in [2.45, 2.75) is 13.8 Å². The predicted octanol–water partition coefficient (Wildman–Crippen LogP) is 1.79. The molecule has 0 saturated carbocycles. The molecule has 0 spiro atoms. The molecule has 0 bridgehead atoms. The number of carboxylic acids is 1. The lowest BCUT2D eigenvalue weighted by Crippen LogP contribution is -2.08. The van der Waals surface area contributed by atoms with Crippen molar-refractivity contribution >= 4 is 11.9 Å². The molecule has 0 aliphatic carbocycles. The maximum absolute atomic E-state index is 11.2. The van der Waals surface area contributed by atoms with E-state index in [0.29, 0.717) is 16.7 Å². The summed E-state index contributed by atoms with van der Waals surface area (Å²) in [5.74, 6) is -1.44. The highest BCUT2D eigenvalue weighted by molar-refractivity contribution is 5.95. The van der Waals surface area contributed by atoms with Gasteiger partial charge in [-0.25, -0.2) is 9.59 Å². The molecule has 4 nitrogen and oxygen atoms in total. The zero-order valence-electron chi connectivity index (χ0n) is 8.83. The second-order valence-corrected chi connectivity index (χ2v) is 3.28. The molecule has 1 aromatic carbocycles. The summed E-state index contributed by atoms with van der Waals surface area (Å²) in [5, 5.41) is 8.92. The average Bonchev–Trinajstić information content (AvgIpc) is 2.14. The Labute approximate surface area is 87.5 Å². The molecule has 1 rings (SSSR count). The van der Waals surface area contributed by atoms with Crippen LogP contribution in [0.1, 0.15) is 31.8 Å².